The summed E-state index contributed by atoms with van der Waals surface area (Å²) in [5.74, 6) is -0.0885. The fraction of sp³-hybridized carbons (Fsp3) is 0.500. The average molecular weight is 377 g/mol. The molecule has 0 aliphatic carbocycles. The van der Waals surface area contributed by atoms with Crippen LogP contribution < -0.4 is 5.32 Å². The molecule has 1 N–H and O–H groups in total. The maximum Gasteiger partial charge on any atom is 0.252 e. The average Bonchev–Trinajstić information content (AvgIpc) is 2.83. The van der Waals surface area contributed by atoms with E-state index in [0.717, 1.165) is 19.4 Å². The number of nitrogens with one attached hydrogen (secondary N) is 1. The molecule has 1 aromatic rings. The zero-order chi connectivity index (χ0) is 13.8. The van der Waals surface area contributed by atoms with Gasteiger partial charge in [-0.05, 0) is 53.6 Å². The standard InChI is InChI=1S/C14H17FINO2/c1-2-13-9(5-6-19-13)8-17-14(18)11-4-3-10(15)7-12(11)16/h3-4,7,9,13H,2,5-6,8H2,1H3,(H,17,18). The second-order valence-corrected chi connectivity index (χ2v) is 5.86. The molecule has 2 atom stereocenters. The molecule has 1 aliphatic rings. The molecule has 0 saturated carbocycles. The molecular formula is C14H17FINO2. The Bertz CT molecular complexity index is 467. The number of carbonyl (C=O) groups is 1. The number of benzene rings is 1. The van der Waals surface area contributed by atoms with Crippen LogP contribution in [0.3, 0.4) is 0 Å². The Labute approximate surface area is 126 Å². The van der Waals surface area contributed by atoms with Gasteiger partial charge < -0.3 is 10.1 Å². The number of halogens is 2. The number of amides is 1. The third-order valence-corrected chi connectivity index (χ3v) is 4.34. The van der Waals surface area contributed by atoms with Gasteiger partial charge in [-0.15, -0.1) is 0 Å². The highest BCUT2D eigenvalue weighted by Gasteiger charge is 2.27. The molecule has 1 amide bonds. The largest absolute Gasteiger partial charge is 0.378 e. The molecule has 0 spiro atoms. The van der Waals surface area contributed by atoms with Gasteiger partial charge in [-0.25, -0.2) is 4.39 Å². The molecule has 0 radical (unpaired) electrons. The molecule has 0 aromatic heterocycles. The van der Waals surface area contributed by atoms with Gasteiger partial charge in [0.15, 0.2) is 0 Å². The minimum absolute atomic E-state index is 0.147. The van der Waals surface area contributed by atoms with E-state index in [1.165, 1.54) is 18.2 Å². The summed E-state index contributed by atoms with van der Waals surface area (Å²) >= 11 is 1.98. The minimum Gasteiger partial charge on any atom is -0.378 e. The Hall–Kier alpha value is -0.690. The van der Waals surface area contributed by atoms with Gasteiger partial charge in [-0.2, -0.15) is 0 Å². The van der Waals surface area contributed by atoms with Crippen LogP contribution in [0.2, 0.25) is 0 Å². The lowest BCUT2D eigenvalue weighted by Gasteiger charge is -2.17. The van der Waals surface area contributed by atoms with E-state index in [0.29, 0.717) is 21.6 Å². The predicted octanol–water partition coefficient (Wildman–Crippen LogP) is 2.98. The van der Waals surface area contributed by atoms with Crippen LogP contribution in [-0.2, 0) is 4.74 Å². The number of ether oxygens (including phenoxy) is 1. The van der Waals surface area contributed by atoms with Gasteiger partial charge >= 0.3 is 0 Å². The third kappa shape index (κ3) is 3.66. The Kier molecular flexibility index (Phi) is 5.15. The van der Waals surface area contributed by atoms with E-state index in [4.69, 9.17) is 4.74 Å². The van der Waals surface area contributed by atoms with Crippen molar-refractivity contribution in [3.8, 4) is 0 Å². The Balaban J connectivity index is 1.94. The van der Waals surface area contributed by atoms with Crippen LogP contribution in [0, 0.1) is 15.3 Å². The van der Waals surface area contributed by atoms with Crippen molar-refractivity contribution in [3.63, 3.8) is 0 Å². The van der Waals surface area contributed by atoms with E-state index in [-0.39, 0.29) is 17.8 Å². The second kappa shape index (κ2) is 6.65. The van der Waals surface area contributed by atoms with Crippen molar-refractivity contribution >= 4 is 28.5 Å². The number of carbonyl (C=O) groups excluding carboxylic acids is 1. The fourth-order valence-corrected chi connectivity index (χ4v) is 3.09. The van der Waals surface area contributed by atoms with E-state index in [2.05, 4.69) is 12.2 Å². The smallest absolute Gasteiger partial charge is 0.252 e. The van der Waals surface area contributed by atoms with Crippen molar-refractivity contribution < 1.29 is 13.9 Å². The molecule has 5 heteroatoms. The molecule has 104 valence electrons. The monoisotopic (exact) mass is 377 g/mol. The number of hydrogen-bond acceptors (Lipinski definition) is 2. The number of hydrogen-bond donors (Lipinski definition) is 1. The van der Waals surface area contributed by atoms with Gasteiger partial charge in [0.05, 0.1) is 11.7 Å². The zero-order valence-electron chi connectivity index (χ0n) is 10.8. The summed E-state index contributed by atoms with van der Waals surface area (Å²) in [4.78, 5) is 12.0. The third-order valence-electron chi connectivity index (χ3n) is 3.45. The van der Waals surface area contributed by atoms with E-state index in [1.807, 2.05) is 22.6 Å². The first-order valence-electron chi connectivity index (χ1n) is 6.46. The van der Waals surface area contributed by atoms with E-state index >= 15 is 0 Å². The van der Waals surface area contributed by atoms with Crippen LogP contribution >= 0.6 is 22.6 Å². The van der Waals surface area contributed by atoms with Gasteiger partial charge in [-0.3, -0.25) is 4.79 Å². The Morgan fingerprint density at radius 1 is 1.58 bits per heavy atom. The Morgan fingerprint density at radius 3 is 3.05 bits per heavy atom. The predicted molar refractivity (Wildman–Crippen MR) is 79.6 cm³/mol. The molecule has 0 bridgehead atoms. The highest BCUT2D eigenvalue weighted by molar-refractivity contribution is 14.1. The van der Waals surface area contributed by atoms with Crippen LogP contribution in [0.25, 0.3) is 0 Å². The minimum atomic E-state index is -0.323. The van der Waals surface area contributed by atoms with Crippen LogP contribution in [0.15, 0.2) is 18.2 Å². The molecular weight excluding hydrogens is 360 g/mol. The molecule has 1 saturated heterocycles. The van der Waals surface area contributed by atoms with Gasteiger partial charge in [0.1, 0.15) is 5.82 Å². The summed E-state index contributed by atoms with van der Waals surface area (Å²) in [5.41, 5.74) is 0.522. The summed E-state index contributed by atoms with van der Waals surface area (Å²) in [6.07, 6.45) is 2.20. The molecule has 19 heavy (non-hydrogen) atoms. The fourth-order valence-electron chi connectivity index (χ4n) is 2.37. The molecule has 2 unspecified atom stereocenters. The summed E-state index contributed by atoms with van der Waals surface area (Å²) in [5, 5.41) is 2.92. The van der Waals surface area contributed by atoms with Gasteiger partial charge in [0, 0.05) is 22.6 Å². The molecule has 1 aliphatic heterocycles. The van der Waals surface area contributed by atoms with Gasteiger partial charge in [-0.1, -0.05) is 6.92 Å². The van der Waals surface area contributed by atoms with Crippen molar-refractivity contribution in [2.45, 2.75) is 25.9 Å². The van der Waals surface area contributed by atoms with Gasteiger partial charge in [0.25, 0.3) is 5.91 Å². The Morgan fingerprint density at radius 2 is 2.37 bits per heavy atom. The molecule has 1 aromatic carbocycles. The molecule has 1 fully saturated rings. The lowest BCUT2D eigenvalue weighted by Crippen LogP contribution is -2.33. The molecule has 1 heterocycles. The summed E-state index contributed by atoms with van der Waals surface area (Å²) in [6.45, 7) is 3.48. The van der Waals surface area contributed by atoms with Crippen molar-refractivity contribution in [1.82, 2.24) is 5.32 Å². The first kappa shape index (κ1) is 14.7. The molecule has 3 nitrogen and oxygen atoms in total. The van der Waals surface area contributed by atoms with E-state index in [1.54, 1.807) is 0 Å². The van der Waals surface area contributed by atoms with Crippen molar-refractivity contribution in [1.29, 1.82) is 0 Å². The van der Waals surface area contributed by atoms with E-state index in [9.17, 15) is 9.18 Å². The van der Waals surface area contributed by atoms with Crippen LogP contribution in [0.4, 0.5) is 4.39 Å². The maximum absolute atomic E-state index is 13.0. The maximum atomic E-state index is 13.0. The SMILES string of the molecule is CCC1OCCC1CNC(=O)c1ccc(F)cc1I. The topological polar surface area (TPSA) is 38.3 Å². The normalized spacial score (nSPS) is 22.5. The first-order valence-corrected chi connectivity index (χ1v) is 7.54. The lowest BCUT2D eigenvalue weighted by molar-refractivity contribution is 0.0826. The number of rotatable bonds is 4. The highest BCUT2D eigenvalue weighted by Crippen LogP contribution is 2.22. The van der Waals surface area contributed by atoms with Crippen LogP contribution in [-0.4, -0.2) is 25.2 Å². The van der Waals surface area contributed by atoms with Gasteiger partial charge in [0.2, 0.25) is 0 Å². The summed E-state index contributed by atoms with van der Waals surface area (Å²) in [7, 11) is 0. The second-order valence-electron chi connectivity index (χ2n) is 4.70. The lowest BCUT2D eigenvalue weighted by atomic mass is 9.99. The van der Waals surface area contributed by atoms with E-state index < -0.39 is 0 Å². The summed E-state index contributed by atoms with van der Waals surface area (Å²) in [6, 6.07) is 4.20. The van der Waals surface area contributed by atoms with Crippen molar-refractivity contribution in [2.75, 3.05) is 13.2 Å². The highest BCUT2D eigenvalue weighted by atomic mass is 127. The summed E-state index contributed by atoms with van der Waals surface area (Å²) < 4.78 is 19.2. The quantitative estimate of drug-likeness (QED) is 0.820. The van der Waals surface area contributed by atoms with Crippen LogP contribution in [0.1, 0.15) is 30.1 Å². The molecule has 2 rings (SSSR count). The first-order chi connectivity index (χ1) is 9.11. The van der Waals surface area contributed by atoms with Crippen molar-refractivity contribution in [2.24, 2.45) is 5.92 Å². The zero-order valence-corrected chi connectivity index (χ0v) is 12.9. The van der Waals surface area contributed by atoms with Crippen LogP contribution in [0.5, 0.6) is 0 Å². The van der Waals surface area contributed by atoms with Crippen molar-refractivity contribution in [3.05, 3.63) is 33.1 Å².